The highest BCUT2D eigenvalue weighted by molar-refractivity contribution is 5.80. The van der Waals surface area contributed by atoms with Gasteiger partial charge in [-0.25, -0.2) is 4.39 Å². The lowest BCUT2D eigenvalue weighted by Crippen LogP contribution is -2.51. The molecule has 0 amide bonds. The minimum Gasteiger partial charge on any atom is -0.490 e. The number of nitrogens with zero attached hydrogens (tertiary/aromatic N) is 1. The fourth-order valence-electron chi connectivity index (χ4n) is 2.73. The van der Waals surface area contributed by atoms with Crippen LogP contribution < -0.4 is 15.4 Å². The van der Waals surface area contributed by atoms with Gasteiger partial charge in [0.05, 0.1) is 25.9 Å². The number of hydrogen-bond acceptors (Lipinski definition) is 3. The molecular formula is C19H28FN3O2. The molecule has 3 rings (SSSR count). The minimum atomic E-state index is -0.311. The van der Waals surface area contributed by atoms with Gasteiger partial charge in [-0.2, -0.15) is 0 Å². The summed E-state index contributed by atoms with van der Waals surface area (Å²) in [5.41, 5.74) is 1.02. The molecule has 1 saturated heterocycles. The number of hydrogen-bond donors (Lipinski definition) is 2. The highest BCUT2D eigenvalue weighted by Crippen LogP contribution is 2.30. The summed E-state index contributed by atoms with van der Waals surface area (Å²) in [5.74, 6) is 1.34. The van der Waals surface area contributed by atoms with E-state index in [0.29, 0.717) is 24.2 Å². The first-order chi connectivity index (χ1) is 12.0. The zero-order valence-corrected chi connectivity index (χ0v) is 15.3. The smallest absolute Gasteiger partial charge is 0.191 e. The van der Waals surface area contributed by atoms with E-state index in [1.54, 1.807) is 13.1 Å². The van der Waals surface area contributed by atoms with Gasteiger partial charge in [-0.1, -0.05) is 13.0 Å². The number of guanidine groups is 1. The molecule has 1 aromatic rings. The predicted molar refractivity (Wildman–Crippen MR) is 96.5 cm³/mol. The van der Waals surface area contributed by atoms with E-state index in [-0.39, 0.29) is 17.3 Å². The maximum atomic E-state index is 14.2. The number of nitrogens with one attached hydrogen (secondary N) is 2. The van der Waals surface area contributed by atoms with E-state index in [1.165, 1.54) is 18.9 Å². The van der Waals surface area contributed by atoms with Crippen molar-refractivity contribution in [2.75, 3.05) is 33.4 Å². The third-order valence-electron chi connectivity index (χ3n) is 4.79. The first-order valence-electron chi connectivity index (χ1n) is 8.96. The van der Waals surface area contributed by atoms with Gasteiger partial charge in [0.1, 0.15) is 0 Å². The lowest BCUT2D eigenvalue weighted by molar-refractivity contribution is -0.0971. The number of benzene rings is 1. The highest BCUT2D eigenvalue weighted by Gasteiger charge is 2.33. The Morgan fingerprint density at radius 3 is 2.76 bits per heavy atom. The van der Waals surface area contributed by atoms with Crippen molar-refractivity contribution >= 4 is 5.96 Å². The predicted octanol–water partition coefficient (Wildman–Crippen LogP) is 2.88. The van der Waals surface area contributed by atoms with Gasteiger partial charge in [0, 0.05) is 19.0 Å². The van der Waals surface area contributed by atoms with E-state index in [1.807, 2.05) is 13.0 Å². The molecule has 1 saturated carbocycles. The maximum absolute atomic E-state index is 14.2. The SMILES string of the molecule is CN=C(NCC1(C)COC1)NC(C)c1ccc(OCC2CC2)c(F)c1. The lowest BCUT2D eigenvalue weighted by Gasteiger charge is -2.38. The molecule has 0 aromatic heterocycles. The normalized spacial score (nSPS) is 20.6. The van der Waals surface area contributed by atoms with Crippen LogP contribution in [0.5, 0.6) is 5.75 Å². The quantitative estimate of drug-likeness (QED) is 0.587. The second kappa shape index (κ2) is 7.60. The third-order valence-corrected chi connectivity index (χ3v) is 4.79. The molecule has 1 aromatic carbocycles. The molecule has 138 valence electrons. The van der Waals surface area contributed by atoms with Gasteiger partial charge in [-0.15, -0.1) is 0 Å². The fourth-order valence-corrected chi connectivity index (χ4v) is 2.73. The van der Waals surface area contributed by atoms with Gasteiger partial charge in [-0.3, -0.25) is 4.99 Å². The van der Waals surface area contributed by atoms with Crippen molar-refractivity contribution in [1.29, 1.82) is 0 Å². The molecular weight excluding hydrogens is 321 g/mol. The van der Waals surface area contributed by atoms with Gasteiger partial charge in [-0.05, 0) is 43.4 Å². The molecule has 1 aliphatic carbocycles. The van der Waals surface area contributed by atoms with Crippen LogP contribution in [0.2, 0.25) is 0 Å². The van der Waals surface area contributed by atoms with Crippen molar-refractivity contribution in [3.63, 3.8) is 0 Å². The van der Waals surface area contributed by atoms with Crippen LogP contribution in [-0.2, 0) is 4.74 Å². The standard InChI is InChI=1S/C19H28FN3O2/c1-13(23-18(21-3)22-10-19(2)11-24-12-19)15-6-7-17(16(20)8-15)25-9-14-4-5-14/h6-8,13-14H,4-5,9-12H2,1-3H3,(H2,21,22,23). The van der Waals surface area contributed by atoms with Gasteiger partial charge in [0.2, 0.25) is 0 Å². The molecule has 1 unspecified atom stereocenters. The first-order valence-corrected chi connectivity index (χ1v) is 8.96. The molecule has 5 nitrogen and oxygen atoms in total. The molecule has 0 bridgehead atoms. The molecule has 1 atom stereocenters. The van der Waals surface area contributed by atoms with Crippen LogP contribution in [-0.4, -0.2) is 39.4 Å². The molecule has 2 N–H and O–H groups in total. The third kappa shape index (κ3) is 4.84. The van der Waals surface area contributed by atoms with E-state index in [0.717, 1.165) is 25.3 Å². The molecule has 2 aliphatic rings. The Hall–Kier alpha value is -1.82. The molecule has 1 heterocycles. The Morgan fingerprint density at radius 2 is 2.20 bits per heavy atom. The average molecular weight is 349 g/mol. The number of ether oxygens (including phenoxy) is 2. The van der Waals surface area contributed by atoms with E-state index in [4.69, 9.17) is 9.47 Å². The Kier molecular flexibility index (Phi) is 5.47. The van der Waals surface area contributed by atoms with E-state index >= 15 is 0 Å². The second-order valence-corrected chi connectivity index (χ2v) is 7.54. The van der Waals surface area contributed by atoms with Crippen molar-refractivity contribution in [3.05, 3.63) is 29.6 Å². The first kappa shape index (κ1) is 18.0. The summed E-state index contributed by atoms with van der Waals surface area (Å²) in [6.45, 7) is 7.10. The minimum absolute atomic E-state index is 0.0661. The van der Waals surface area contributed by atoms with Gasteiger partial charge >= 0.3 is 0 Å². The molecule has 25 heavy (non-hydrogen) atoms. The van der Waals surface area contributed by atoms with Crippen molar-refractivity contribution in [2.24, 2.45) is 16.3 Å². The summed E-state index contributed by atoms with van der Waals surface area (Å²) in [6.07, 6.45) is 2.38. The Labute approximate surface area is 149 Å². The maximum Gasteiger partial charge on any atom is 0.191 e. The summed E-state index contributed by atoms with van der Waals surface area (Å²) >= 11 is 0. The zero-order chi connectivity index (χ0) is 17.9. The molecule has 6 heteroatoms. The van der Waals surface area contributed by atoms with E-state index < -0.39 is 0 Å². The number of aliphatic imine (C=N–C) groups is 1. The second-order valence-electron chi connectivity index (χ2n) is 7.54. The van der Waals surface area contributed by atoms with Crippen LogP contribution in [0.1, 0.15) is 38.3 Å². The van der Waals surface area contributed by atoms with Crippen molar-refractivity contribution in [1.82, 2.24) is 10.6 Å². The largest absolute Gasteiger partial charge is 0.490 e. The Balaban J connectivity index is 1.53. The van der Waals surface area contributed by atoms with Crippen LogP contribution >= 0.6 is 0 Å². The van der Waals surface area contributed by atoms with Gasteiger partial charge in [0.15, 0.2) is 17.5 Å². The van der Waals surface area contributed by atoms with Gasteiger partial charge < -0.3 is 20.1 Å². The zero-order valence-electron chi connectivity index (χ0n) is 15.3. The van der Waals surface area contributed by atoms with Crippen molar-refractivity contribution < 1.29 is 13.9 Å². The van der Waals surface area contributed by atoms with Crippen molar-refractivity contribution in [2.45, 2.75) is 32.7 Å². The molecule has 2 fully saturated rings. The highest BCUT2D eigenvalue weighted by atomic mass is 19.1. The van der Waals surface area contributed by atoms with Crippen LogP contribution in [0.25, 0.3) is 0 Å². The summed E-state index contributed by atoms with van der Waals surface area (Å²) in [5, 5.41) is 6.62. The van der Waals surface area contributed by atoms with Gasteiger partial charge in [0.25, 0.3) is 0 Å². The Bertz CT molecular complexity index is 627. The van der Waals surface area contributed by atoms with Crippen LogP contribution in [0.15, 0.2) is 23.2 Å². The van der Waals surface area contributed by atoms with Crippen molar-refractivity contribution in [3.8, 4) is 5.75 Å². The summed E-state index contributed by atoms with van der Waals surface area (Å²) in [6, 6.07) is 5.09. The number of rotatable bonds is 7. The van der Waals surface area contributed by atoms with Crippen LogP contribution in [0.4, 0.5) is 4.39 Å². The monoisotopic (exact) mass is 349 g/mol. The topological polar surface area (TPSA) is 54.9 Å². The van der Waals surface area contributed by atoms with E-state index in [2.05, 4.69) is 22.5 Å². The molecule has 1 aliphatic heterocycles. The lowest BCUT2D eigenvalue weighted by atomic mass is 9.89. The molecule has 0 spiro atoms. The summed E-state index contributed by atoms with van der Waals surface area (Å²) in [4.78, 5) is 4.25. The Morgan fingerprint density at radius 1 is 1.44 bits per heavy atom. The number of halogens is 1. The average Bonchev–Trinajstić information content (AvgIpc) is 3.39. The summed E-state index contributed by atoms with van der Waals surface area (Å²) in [7, 11) is 1.73. The van der Waals surface area contributed by atoms with Crippen LogP contribution in [0, 0.1) is 17.2 Å². The van der Waals surface area contributed by atoms with Crippen LogP contribution in [0.3, 0.4) is 0 Å². The summed E-state index contributed by atoms with van der Waals surface area (Å²) < 4.78 is 25.1. The molecule has 0 radical (unpaired) electrons. The fraction of sp³-hybridized carbons (Fsp3) is 0.632. The van der Waals surface area contributed by atoms with E-state index in [9.17, 15) is 4.39 Å².